The third kappa shape index (κ3) is 26.5. The van der Waals surface area contributed by atoms with Crippen molar-refractivity contribution in [3.05, 3.63) is 12.2 Å². The second-order valence-electron chi connectivity index (χ2n) is 10.4. The average Bonchev–Trinajstić information content (AvgIpc) is 2.84. The molecule has 0 saturated carbocycles. The van der Waals surface area contributed by atoms with E-state index in [0.29, 0.717) is 13.0 Å². The summed E-state index contributed by atoms with van der Waals surface area (Å²) in [5.41, 5.74) is 0.771. The molecule has 0 fully saturated rings. The van der Waals surface area contributed by atoms with Gasteiger partial charge in [0, 0.05) is 11.8 Å². The molecule has 35 heavy (non-hydrogen) atoms. The Bertz CT molecular complexity index is 466. The lowest BCUT2D eigenvalue weighted by Gasteiger charge is -2.18. The first-order valence-corrected chi connectivity index (χ1v) is 16.3. The number of esters is 1. The maximum atomic E-state index is 12.2. The highest BCUT2D eigenvalue weighted by Gasteiger charge is 2.15. The number of alkyl halides is 1. The van der Waals surface area contributed by atoms with Crippen LogP contribution in [0.1, 0.15) is 162 Å². The lowest BCUT2D eigenvalue weighted by molar-refractivity contribution is -0.171. The SMILES string of the molecule is C=C(C)C(OCCCCCCCCCCCCCCCC)OC(=O)CCCCCCCCCCBr. The van der Waals surface area contributed by atoms with Crippen LogP contribution < -0.4 is 0 Å². The molecule has 0 aliphatic carbocycles. The van der Waals surface area contributed by atoms with E-state index in [0.717, 1.165) is 30.2 Å². The standard InChI is InChI=1S/C31H59BrO3/c1-4-5-6-7-8-9-10-11-12-13-16-19-22-25-28-34-31(29(2)3)35-30(33)26-23-20-17-14-15-18-21-24-27-32/h31H,2,4-28H2,1,3H3. The smallest absolute Gasteiger partial charge is 0.308 e. The van der Waals surface area contributed by atoms with Crippen LogP contribution in [0.2, 0.25) is 0 Å². The van der Waals surface area contributed by atoms with Crippen LogP contribution in [0.15, 0.2) is 12.2 Å². The van der Waals surface area contributed by atoms with Crippen LogP contribution in [0.5, 0.6) is 0 Å². The molecule has 0 heterocycles. The Morgan fingerprint density at radius 1 is 0.657 bits per heavy atom. The van der Waals surface area contributed by atoms with Gasteiger partial charge in [0.15, 0.2) is 0 Å². The number of hydrogen-bond acceptors (Lipinski definition) is 3. The van der Waals surface area contributed by atoms with E-state index in [2.05, 4.69) is 29.4 Å². The van der Waals surface area contributed by atoms with E-state index < -0.39 is 6.29 Å². The van der Waals surface area contributed by atoms with Gasteiger partial charge in [-0.3, -0.25) is 4.79 Å². The highest BCUT2D eigenvalue weighted by atomic mass is 79.9. The number of carbonyl (C=O) groups is 1. The normalized spacial score (nSPS) is 12.1. The molecule has 0 aliphatic heterocycles. The molecule has 0 aromatic heterocycles. The third-order valence-corrected chi connectivity index (χ3v) is 7.23. The molecule has 4 heteroatoms. The van der Waals surface area contributed by atoms with Gasteiger partial charge < -0.3 is 9.47 Å². The van der Waals surface area contributed by atoms with Crippen molar-refractivity contribution in [1.29, 1.82) is 0 Å². The molecule has 1 atom stereocenters. The van der Waals surface area contributed by atoms with Crippen LogP contribution in [0.3, 0.4) is 0 Å². The van der Waals surface area contributed by atoms with E-state index in [4.69, 9.17) is 9.47 Å². The number of rotatable bonds is 28. The molecule has 0 rings (SSSR count). The van der Waals surface area contributed by atoms with Gasteiger partial charge in [0.25, 0.3) is 0 Å². The van der Waals surface area contributed by atoms with Crippen LogP contribution in [0.25, 0.3) is 0 Å². The summed E-state index contributed by atoms with van der Waals surface area (Å²) >= 11 is 3.48. The van der Waals surface area contributed by atoms with Crippen molar-refractivity contribution >= 4 is 21.9 Å². The largest absolute Gasteiger partial charge is 0.432 e. The van der Waals surface area contributed by atoms with Gasteiger partial charge in [0.1, 0.15) is 0 Å². The number of carbonyl (C=O) groups excluding carboxylic acids is 1. The molecule has 0 bridgehead atoms. The monoisotopic (exact) mass is 558 g/mol. The van der Waals surface area contributed by atoms with Crippen LogP contribution in [-0.4, -0.2) is 24.2 Å². The Labute approximate surface area is 227 Å². The van der Waals surface area contributed by atoms with Gasteiger partial charge in [0.05, 0.1) is 6.61 Å². The zero-order valence-electron chi connectivity index (χ0n) is 23.6. The van der Waals surface area contributed by atoms with Gasteiger partial charge >= 0.3 is 5.97 Å². The van der Waals surface area contributed by atoms with Crippen LogP contribution >= 0.6 is 15.9 Å². The maximum absolute atomic E-state index is 12.2. The number of halogens is 1. The zero-order valence-corrected chi connectivity index (χ0v) is 25.2. The summed E-state index contributed by atoms with van der Waals surface area (Å²) in [5.74, 6) is -0.156. The minimum absolute atomic E-state index is 0.156. The van der Waals surface area contributed by atoms with Crippen molar-refractivity contribution < 1.29 is 14.3 Å². The van der Waals surface area contributed by atoms with Crippen molar-refractivity contribution in [2.45, 2.75) is 168 Å². The Balaban J connectivity index is 3.55. The molecule has 0 amide bonds. The fourth-order valence-corrected chi connectivity index (χ4v) is 4.76. The van der Waals surface area contributed by atoms with Crippen LogP contribution in [0, 0.1) is 0 Å². The van der Waals surface area contributed by atoms with Gasteiger partial charge in [-0.1, -0.05) is 151 Å². The van der Waals surface area contributed by atoms with E-state index in [1.54, 1.807) is 0 Å². The number of ether oxygens (including phenoxy) is 2. The Kier molecular flexibility index (Phi) is 27.9. The number of hydrogen-bond donors (Lipinski definition) is 0. The summed E-state index contributed by atoms with van der Waals surface area (Å²) in [6.45, 7) is 8.73. The molecular weight excluding hydrogens is 500 g/mol. The molecule has 0 aliphatic rings. The Morgan fingerprint density at radius 3 is 1.49 bits per heavy atom. The fourth-order valence-electron chi connectivity index (χ4n) is 4.37. The second kappa shape index (κ2) is 28.2. The highest BCUT2D eigenvalue weighted by Crippen LogP contribution is 2.15. The first-order valence-electron chi connectivity index (χ1n) is 15.1. The van der Waals surface area contributed by atoms with Crippen LogP contribution in [-0.2, 0) is 14.3 Å². The van der Waals surface area contributed by atoms with E-state index in [-0.39, 0.29) is 5.97 Å². The zero-order chi connectivity index (χ0) is 25.8. The van der Waals surface area contributed by atoms with Gasteiger partial charge in [0.2, 0.25) is 6.29 Å². The van der Waals surface area contributed by atoms with Crippen molar-refractivity contribution in [2.24, 2.45) is 0 Å². The molecule has 0 aromatic rings. The minimum Gasteiger partial charge on any atom is -0.432 e. The van der Waals surface area contributed by atoms with E-state index in [9.17, 15) is 4.79 Å². The predicted octanol–water partition coefficient (Wildman–Crippen LogP) is 10.8. The predicted molar refractivity (Wildman–Crippen MR) is 156 cm³/mol. The van der Waals surface area contributed by atoms with E-state index in [1.165, 1.54) is 122 Å². The summed E-state index contributed by atoms with van der Waals surface area (Å²) in [6.07, 6.45) is 28.4. The summed E-state index contributed by atoms with van der Waals surface area (Å²) in [5, 5.41) is 1.11. The van der Waals surface area contributed by atoms with Crippen molar-refractivity contribution in [3.63, 3.8) is 0 Å². The Hall–Kier alpha value is -0.350. The lowest BCUT2D eigenvalue weighted by Crippen LogP contribution is -2.22. The molecule has 3 nitrogen and oxygen atoms in total. The van der Waals surface area contributed by atoms with Gasteiger partial charge in [-0.05, 0) is 31.8 Å². The third-order valence-electron chi connectivity index (χ3n) is 6.67. The van der Waals surface area contributed by atoms with Crippen molar-refractivity contribution in [2.75, 3.05) is 11.9 Å². The second-order valence-corrected chi connectivity index (χ2v) is 11.2. The molecule has 0 radical (unpaired) electrons. The van der Waals surface area contributed by atoms with Gasteiger partial charge in [-0.15, -0.1) is 0 Å². The average molecular weight is 560 g/mol. The molecule has 0 aromatic carbocycles. The Morgan fingerprint density at radius 2 is 1.06 bits per heavy atom. The highest BCUT2D eigenvalue weighted by molar-refractivity contribution is 9.09. The van der Waals surface area contributed by atoms with Crippen molar-refractivity contribution in [1.82, 2.24) is 0 Å². The molecule has 0 N–H and O–H groups in total. The molecular formula is C31H59BrO3. The van der Waals surface area contributed by atoms with Crippen LogP contribution in [0.4, 0.5) is 0 Å². The van der Waals surface area contributed by atoms with Gasteiger partial charge in [-0.2, -0.15) is 0 Å². The first kappa shape index (κ1) is 34.6. The van der Waals surface area contributed by atoms with Crippen molar-refractivity contribution in [3.8, 4) is 0 Å². The molecule has 208 valence electrons. The summed E-state index contributed by atoms with van der Waals surface area (Å²) in [6, 6.07) is 0. The summed E-state index contributed by atoms with van der Waals surface area (Å²) < 4.78 is 11.4. The van der Waals surface area contributed by atoms with E-state index in [1.807, 2.05) is 6.92 Å². The summed E-state index contributed by atoms with van der Waals surface area (Å²) in [4.78, 5) is 12.2. The molecule has 1 unspecified atom stereocenters. The quantitative estimate of drug-likeness (QED) is 0.0314. The maximum Gasteiger partial charge on any atom is 0.308 e. The molecule has 0 saturated heterocycles. The molecule has 0 spiro atoms. The lowest BCUT2D eigenvalue weighted by atomic mass is 10.0. The van der Waals surface area contributed by atoms with E-state index >= 15 is 0 Å². The van der Waals surface area contributed by atoms with Gasteiger partial charge in [-0.25, -0.2) is 0 Å². The summed E-state index contributed by atoms with van der Waals surface area (Å²) in [7, 11) is 0. The fraction of sp³-hybridized carbons (Fsp3) is 0.903. The topological polar surface area (TPSA) is 35.5 Å². The minimum atomic E-state index is -0.584. The number of unbranched alkanes of at least 4 members (excludes halogenated alkanes) is 20. The first-order chi connectivity index (χ1) is 17.1.